The first-order valence-corrected chi connectivity index (χ1v) is 13.3. The molecule has 0 aromatic heterocycles. The molecular formula is C27H47NO2. The van der Waals surface area contributed by atoms with E-state index >= 15 is 0 Å². The molecule has 0 amide bonds. The third-order valence-electron chi connectivity index (χ3n) is 11.1. The first-order chi connectivity index (χ1) is 14.2. The van der Waals surface area contributed by atoms with E-state index in [2.05, 4.69) is 34.6 Å². The van der Waals surface area contributed by atoms with Crippen LogP contribution >= 0.6 is 0 Å². The fraction of sp³-hybridized carbons (Fsp3) is 1.00. The number of hydrogen-bond acceptors (Lipinski definition) is 2. The average molecular weight is 418 g/mol. The Morgan fingerprint density at radius 1 is 0.933 bits per heavy atom. The largest absolute Gasteiger partial charge is 0.264 e. The van der Waals surface area contributed by atoms with Crippen molar-refractivity contribution >= 4 is 0 Å². The summed E-state index contributed by atoms with van der Waals surface area (Å²) in [6.45, 7) is 12.2. The van der Waals surface area contributed by atoms with Crippen LogP contribution in [-0.4, -0.2) is 11.0 Å². The molecule has 4 saturated carbocycles. The first kappa shape index (κ1) is 22.6. The molecule has 0 unspecified atom stereocenters. The van der Waals surface area contributed by atoms with Gasteiger partial charge in [0.25, 0.3) is 0 Å². The highest BCUT2D eigenvalue weighted by atomic mass is 16.6. The molecule has 3 heteroatoms. The van der Waals surface area contributed by atoms with Gasteiger partial charge in [0.2, 0.25) is 6.04 Å². The van der Waals surface area contributed by atoms with Crippen LogP contribution < -0.4 is 0 Å². The van der Waals surface area contributed by atoms with Crippen molar-refractivity contribution < 1.29 is 4.92 Å². The van der Waals surface area contributed by atoms with E-state index in [1.807, 2.05) is 0 Å². The Kier molecular flexibility index (Phi) is 6.32. The molecule has 0 bridgehead atoms. The summed E-state index contributed by atoms with van der Waals surface area (Å²) >= 11 is 0. The second-order valence-electron chi connectivity index (χ2n) is 12.9. The number of rotatable bonds is 6. The third kappa shape index (κ3) is 3.64. The Hall–Kier alpha value is -0.600. The number of hydrogen-bond donors (Lipinski definition) is 0. The van der Waals surface area contributed by atoms with Gasteiger partial charge in [0, 0.05) is 17.3 Å². The zero-order chi connectivity index (χ0) is 21.7. The van der Waals surface area contributed by atoms with Gasteiger partial charge in [-0.05, 0) is 84.9 Å². The van der Waals surface area contributed by atoms with Crippen LogP contribution in [0.3, 0.4) is 0 Å². The van der Waals surface area contributed by atoms with Crippen molar-refractivity contribution in [1.82, 2.24) is 0 Å². The summed E-state index contributed by atoms with van der Waals surface area (Å²) in [4.78, 5) is 12.5. The summed E-state index contributed by atoms with van der Waals surface area (Å²) in [5.41, 5.74) is 0.711. The van der Waals surface area contributed by atoms with E-state index in [0.717, 1.165) is 24.2 Å². The molecule has 0 heterocycles. The van der Waals surface area contributed by atoms with Crippen molar-refractivity contribution in [3.8, 4) is 0 Å². The highest BCUT2D eigenvalue weighted by Crippen LogP contribution is 2.68. The summed E-state index contributed by atoms with van der Waals surface area (Å²) in [6, 6.07) is -0.272. The third-order valence-corrected chi connectivity index (χ3v) is 11.1. The maximum Gasteiger partial charge on any atom is 0.216 e. The lowest BCUT2D eigenvalue weighted by molar-refractivity contribution is -0.548. The smallest absolute Gasteiger partial charge is 0.216 e. The predicted molar refractivity (Wildman–Crippen MR) is 124 cm³/mol. The summed E-state index contributed by atoms with van der Waals surface area (Å²) in [5.74, 6) is 4.46. The molecule has 4 aliphatic rings. The van der Waals surface area contributed by atoms with Gasteiger partial charge in [-0.1, -0.05) is 66.7 Å². The highest BCUT2D eigenvalue weighted by Gasteiger charge is 2.65. The quantitative estimate of drug-likeness (QED) is 0.327. The number of fused-ring (bicyclic) bond motifs is 5. The van der Waals surface area contributed by atoms with Gasteiger partial charge < -0.3 is 0 Å². The lowest BCUT2D eigenvalue weighted by Crippen LogP contribution is -2.59. The van der Waals surface area contributed by atoms with Crippen molar-refractivity contribution in [3.63, 3.8) is 0 Å². The Bertz CT molecular complexity index is 632. The topological polar surface area (TPSA) is 43.1 Å². The average Bonchev–Trinajstić information content (AvgIpc) is 3.03. The van der Waals surface area contributed by atoms with E-state index in [0.29, 0.717) is 34.5 Å². The molecule has 3 nitrogen and oxygen atoms in total. The molecule has 4 aliphatic carbocycles. The molecule has 0 radical (unpaired) electrons. The lowest BCUT2D eigenvalue weighted by atomic mass is 9.43. The zero-order valence-electron chi connectivity index (χ0n) is 20.4. The van der Waals surface area contributed by atoms with Gasteiger partial charge in [0.15, 0.2) is 0 Å². The number of nitro groups is 1. The van der Waals surface area contributed by atoms with E-state index < -0.39 is 0 Å². The van der Waals surface area contributed by atoms with E-state index in [-0.39, 0.29) is 11.0 Å². The molecule has 0 saturated heterocycles. The second-order valence-corrected chi connectivity index (χ2v) is 12.9. The maximum atomic E-state index is 12.3. The monoisotopic (exact) mass is 417 g/mol. The molecule has 0 aliphatic heterocycles. The van der Waals surface area contributed by atoms with Crippen molar-refractivity contribution in [2.24, 2.45) is 52.3 Å². The number of nitrogens with zero attached hydrogens (tertiary/aromatic N) is 1. The fourth-order valence-electron chi connectivity index (χ4n) is 9.51. The summed E-state index contributed by atoms with van der Waals surface area (Å²) in [5, 5.41) is 12.3. The molecular weight excluding hydrogens is 370 g/mol. The van der Waals surface area contributed by atoms with Gasteiger partial charge in [-0.2, -0.15) is 0 Å². The predicted octanol–water partition coefficient (Wildman–Crippen LogP) is 7.75. The van der Waals surface area contributed by atoms with E-state index in [4.69, 9.17) is 0 Å². The second kappa shape index (κ2) is 8.39. The SMILES string of the molecule is CC(C)CCC[C@@H](C)[C@@H]1CC[C@@H]2[C@@H]3[C@H]([N+](=O)[O-])C[C@H]4CCCC[C@]4(C)[C@@H]3CC[C@]21C. The van der Waals surface area contributed by atoms with Crippen molar-refractivity contribution in [2.75, 3.05) is 0 Å². The Balaban J connectivity index is 1.57. The van der Waals surface area contributed by atoms with Gasteiger partial charge >= 0.3 is 0 Å². The zero-order valence-corrected chi connectivity index (χ0v) is 20.4. The van der Waals surface area contributed by atoms with Crippen LogP contribution in [0, 0.1) is 62.4 Å². The standard InChI is InChI=1S/C27H47NO2/c1-18(2)9-8-10-19(3)21-12-13-22-25-23(14-16-27(21,22)5)26(4)15-7-6-11-20(26)17-24(25)28(29)30/h18-25H,6-17H2,1-5H3/t19-,20-,21+,22-,23-,24-,25+,26+,27+/m1/s1. The first-order valence-electron chi connectivity index (χ1n) is 13.3. The van der Waals surface area contributed by atoms with Crippen LogP contribution in [0.4, 0.5) is 0 Å². The summed E-state index contributed by atoms with van der Waals surface area (Å²) in [6.07, 6.45) is 15.2. The van der Waals surface area contributed by atoms with E-state index in [9.17, 15) is 10.1 Å². The minimum absolute atomic E-state index is 0.164. The Morgan fingerprint density at radius 2 is 1.67 bits per heavy atom. The fourth-order valence-corrected chi connectivity index (χ4v) is 9.51. The van der Waals surface area contributed by atoms with Gasteiger partial charge in [-0.15, -0.1) is 0 Å². The van der Waals surface area contributed by atoms with Crippen LogP contribution in [0.5, 0.6) is 0 Å². The summed E-state index contributed by atoms with van der Waals surface area (Å²) < 4.78 is 0. The van der Waals surface area contributed by atoms with Crippen LogP contribution in [0.25, 0.3) is 0 Å². The Labute approximate surface area is 185 Å². The van der Waals surface area contributed by atoms with Gasteiger partial charge in [0.1, 0.15) is 0 Å². The van der Waals surface area contributed by atoms with Crippen molar-refractivity contribution in [1.29, 1.82) is 0 Å². The minimum Gasteiger partial charge on any atom is -0.264 e. The van der Waals surface area contributed by atoms with Crippen LogP contribution in [0.15, 0.2) is 0 Å². The lowest BCUT2D eigenvalue weighted by Gasteiger charge is -2.60. The molecule has 4 fully saturated rings. The van der Waals surface area contributed by atoms with E-state index in [1.165, 1.54) is 70.6 Å². The highest BCUT2D eigenvalue weighted by molar-refractivity contribution is 5.11. The molecule has 0 spiro atoms. The van der Waals surface area contributed by atoms with Gasteiger partial charge in [0.05, 0.1) is 0 Å². The normalized spacial score (nSPS) is 46.7. The van der Waals surface area contributed by atoms with Crippen molar-refractivity contribution in [3.05, 3.63) is 10.1 Å². The van der Waals surface area contributed by atoms with Crippen LogP contribution in [-0.2, 0) is 0 Å². The molecule has 172 valence electrons. The Morgan fingerprint density at radius 3 is 2.37 bits per heavy atom. The van der Waals surface area contributed by atoms with Gasteiger partial charge in [-0.25, -0.2) is 0 Å². The molecule has 30 heavy (non-hydrogen) atoms. The van der Waals surface area contributed by atoms with Crippen LogP contribution in [0.2, 0.25) is 0 Å². The van der Waals surface area contributed by atoms with Gasteiger partial charge in [-0.3, -0.25) is 10.1 Å². The molecule has 9 atom stereocenters. The molecule has 0 aromatic rings. The van der Waals surface area contributed by atoms with E-state index in [1.54, 1.807) is 0 Å². The molecule has 0 N–H and O–H groups in total. The minimum atomic E-state index is -0.272. The van der Waals surface area contributed by atoms with Crippen molar-refractivity contribution in [2.45, 2.75) is 118 Å². The maximum absolute atomic E-state index is 12.3. The van der Waals surface area contributed by atoms with Crippen LogP contribution in [0.1, 0.15) is 112 Å². The molecule has 4 rings (SSSR count). The summed E-state index contributed by atoms with van der Waals surface area (Å²) in [7, 11) is 0. The molecule has 0 aromatic carbocycles.